The van der Waals surface area contributed by atoms with Gasteiger partial charge in [-0.3, -0.25) is 4.79 Å². The summed E-state index contributed by atoms with van der Waals surface area (Å²) in [5, 5.41) is 0. The first kappa shape index (κ1) is 16.2. The van der Waals surface area contributed by atoms with Gasteiger partial charge in [0.05, 0.1) is 6.42 Å². The summed E-state index contributed by atoms with van der Waals surface area (Å²) in [4.78, 5) is 11.8. The largest absolute Gasteiger partial charge is 0.462 e. The van der Waals surface area contributed by atoms with Gasteiger partial charge in [-0.05, 0) is 25.3 Å². The molecule has 0 radical (unpaired) electrons. The molecule has 0 saturated carbocycles. The zero-order valence-electron chi connectivity index (χ0n) is 12.6. The minimum Gasteiger partial charge on any atom is -0.462 e. The van der Waals surface area contributed by atoms with E-state index in [1.165, 1.54) is 0 Å². The van der Waals surface area contributed by atoms with Crippen molar-refractivity contribution in [3.05, 3.63) is 60.2 Å². The normalized spacial score (nSPS) is 14.6. The lowest BCUT2D eigenvalue weighted by Crippen LogP contribution is -2.16. The van der Waals surface area contributed by atoms with Gasteiger partial charge in [0, 0.05) is 6.42 Å². The molecule has 0 bridgehead atoms. The molecule has 20 heavy (non-hydrogen) atoms. The number of ether oxygens (including phenoxy) is 1. The highest BCUT2D eigenvalue weighted by atomic mass is 16.5. The minimum absolute atomic E-state index is 0.0831. The van der Waals surface area contributed by atoms with Gasteiger partial charge >= 0.3 is 5.97 Å². The highest BCUT2D eigenvalue weighted by Crippen LogP contribution is 2.07. The molecule has 0 heterocycles. The third-order valence-electron chi connectivity index (χ3n) is 2.93. The first-order valence-electron chi connectivity index (χ1n) is 7.14. The van der Waals surface area contributed by atoms with E-state index in [2.05, 4.69) is 25.2 Å². The molecule has 1 aromatic carbocycles. The van der Waals surface area contributed by atoms with Crippen LogP contribution in [0.3, 0.4) is 0 Å². The smallest absolute Gasteiger partial charge is 0.310 e. The summed E-state index contributed by atoms with van der Waals surface area (Å²) < 4.78 is 5.39. The van der Waals surface area contributed by atoms with Crippen LogP contribution in [0.4, 0.5) is 0 Å². The average molecular weight is 272 g/mol. The van der Waals surface area contributed by atoms with Gasteiger partial charge in [0.1, 0.15) is 6.10 Å². The fraction of sp³-hybridized carbons (Fsp3) is 0.389. The molecule has 0 aromatic heterocycles. The molecule has 0 N–H and O–H groups in total. The number of carbonyl (C=O) groups is 1. The van der Waals surface area contributed by atoms with Gasteiger partial charge in [-0.15, -0.1) is 0 Å². The first-order valence-corrected chi connectivity index (χ1v) is 7.14. The highest BCUT2D eigenvalue weighted by molar-refractivity contribution is 5.72. The Morgan fingerprint density at radius 1 is 1.20 bits per heavy atom. The standard InChI is InChI=1S/C18H24O2/c1-4-9-15(2)10-8-11-16(3)20-18(19)14-17-12-6-5-7-13-17/h4-10,12-13,15-16H,11,14H2,1-3H3/b9-4+,10-8+. The Morgan fingerprint density at radius 3 is 2.55 bits per heavy atom. The van der Waals surface area contributed by atoms with Gasteiger partial charge in [-0.1, -0.05) is 61.6 Å². The Hall–Kier alpha value is -1.83. The van der Waals surface area contributed by atoms with Crippen molar-refractivity contribution < 1.29 is 9.53 Å². The Bertz CT molecular complexity index is 446. The summed E-state index contributed by atoms with van der Waals surface area (Å²) in [6, 6.07) is 9.66. The fourth-order valence-electron chi connectivity index (χ4n) is 1.93. The summed E-state index contributed by atoms with van der Waals surface area (Å²) in [5.41, 5.74) is 0.988. The second kappa shape index (κ2) is 9.13. The molecular formula is C18H24O2. The van der Waals surface area contributed by atoms with Gasteiger partial charge in [0.2, 0.25) is 0 Å². The second-order valence-corrected chi connectivity index (χ2v) is 5.01. The summed E-state index contributed by atoms with van der Waals surface area (Å²) >= 11 is 0. The Labute approximate surface area is 122 Å². The maximum absolute atomic E-state index is 11.8. The van der Waals surface area contributed by atoms with E-state index >= 15 is 0 Å². The quantitative estimate of drug-likeness (QED) is 0.546. The molecule has 0 aliphatic carbocycles. The highest BCUT2D eigenvalue weighted by Gasteiger charge is 2.08. The molecule has 0 fully saturated rings. The Morgan fingerprint density at radius 2 is 1.90 bits per heavy atom. The maximum atomic E-state index is 11.8. The fourth-order valence-corrected chi connectivity index (χ4v) is 1.93. The Balaban J connectivity index is 2.31. The number of allylic oxidation sites excluding steroid dienone is 3. The minimum atomic E-state index is -0.168. The van der Waals surface area contributed by atoms with Gasteiger partial charge in [-0.2, -0.15) is 0 Å². The van der Waals surface area contributed by atoms with Crippen LogP contribution in [0, 0.1) is 5.92 Å². The number of rotatable bonds is 7. The van der Waals surface area contributed by atoms with Crippen molar-refractivity contribution >= 4 is 5.97 Å². The molecule has 0 aliphatic heterocycles. The second-order valence-electron chi connectivity index (χ2n) is 5.01. The predicted molar refractivity (Wildman–Crippen MR) is 83.4 cm³/mol. The molecule has 0 spiro atoms. The Kier molecular flexibility index (Phi) is 7.41. The van der Waals surface area contributed by atoms with Crippen LogP contribution < -0.4 is 0 Å². The third kappa shape index (κ3) is 6.93. The van der Waals surface area contributed by atoms with E-state index in [0.29, 0.717) is 12.3 Å². The van der Waals surface area contributed by atoms with E-state index in [0.717, 1.165) is 12.0 Å². The summed E-state index contributed by atoms with van der Waals surface area (Å²) in [5.74, 6) is 0.255. The predicted octanol–water partition coefficient (Wildman–Crippen LogP) is 4.32. The van der Waals surface area contributed by atoms with Gasteiger partial charge in [-0.25, -0.2) is 0 Å². The van der Waals surface area contributed by atoms with Crippen LogP contribution >= 0.6 is 0 Å². The van der Waals surface area contributed by atoms with Crippen molar-refractivity contribution in [2.75, 3.05) is 0 Å². The number of benzene rings is 1. The van der Waals surface area contributed by atoms with Crippen molar-refractivity contribution in [2.45, 2.75) is 39.7 Å². The van der Waals surface area contributed by atoms with Crippen LogP contribution in [0.15, 0.2) is 54.6 Å². The lowest BCUT2D eigenvalue weighted by Gasteiger charge is -2.11. The van der Waals surface area contributed by atoms with Gasteiger partial charge in [0.25, 0.3) is 0 Å². The van der Waals surface area contributed by atoms with Crippen molar-refractivity contribution in [1.82, 2.24) is 0 Å². The molecule has 0 saturated heterocycles. The van der Waals surface area contributed by atoms with Gasteiger partial charge < -0.3 is 4.74 Å². The molecule has 2 unspecified atom stereocenters. The lowest BCUT2D eigenvalue weighted by molar-refractivity contribution is -0.147. The van der Waals surface area contributed by atoms with E-state index in [9.17, 15) is 4.79 Å². The van der Waals surface area contributed by atoms with Gasteiger partial charge in [0.15, 0.2) is 0 Å². The molecule has 1 aromatic rings. The van der Waals surface area contributed by atoms with Crippen LogP contribution in [-0.2, 0) is 16.0 Å². The molecule has 0 aliphatic rings. The van der Waals surface area contributed by atoms with Crippen LogP contribution in [0.1, 0.15) is 32.8 Å². The number of hydrogen-bond acceptors (Lipinski definition) is 2. The molecule has 2 atom stereocenters. The number of carbonyl (C=O) groups excluding carboxylic acids is 1. The van der Waals surface area contributed by atoms with Crippen LogP contribution in [0.5, 0.6) is 0 Å². The lowest BCUT2D eigenvalue weighted by atomic mass is 10.1. The molecule has 108 valence electrons. The topological polar surface area (TPSA) is 26.3 Å². The van der Waals surface area contributed by atoms with Crippen molar-refractivity contribution in [3.63, 3.8) is 0 Å². The van der Waals surface area contributed by atoms with E-state index < -0.39 is 0 Å². The molecular weight excluding hydrogens is 248 g/mol. The SMILES string of the molecule is C/C=C/C(C)/C=C/CC(C)OC(=O)Cc1ccccc1. The molecule has 2 heteroatoms. The summed E-state index contributed by atoms with van der Waals surface area (Å²) in [6.07, 6.45) is 9.38. The summed E-state index contributed by atoms with van der Waals surface area (Å²) in [6.45, 7) is 6.06. The number of esters is 1. The average Bonchev–Trinajstić information content (AvgIpc) is 2.39. The zero-order chi connectivity index (χ0) is 14.8. The first-order chi connectivity index (χ1) is 9.61. The van der Waals surface area contributed by atoms with Crippen LogP contribution in [0.2, 0.25) is 0 Å². The third-order valence-corrected chi connectivity index (χ3v) is 2.93. The molecule has 1 rings (SSSR count). The maximum Gasteiger partial charge on any atom is 0.310 e. The van der Waals surface area contributed by atoms with E-state index in [1.54, 1.807) is 0 Å². The van der Waals surface area contributed by atoms with E-state index in [1.807, 2.05) is 50.3 Å². The molecule has 0 amide bonds. The summed E-state index contributed by atoms with van der Waals surface area (Å²) in [7, 11) is 0. The zero-order valence-corrected chi connectivity index (χ0v) is 12.6. The van der Waals surface area contributed by atoms with Crippen LogP contribution in [0.25, 0.3) is 0 Å². The van der Waals surface area contributed by atoms with Crippen molar-refractivity contribution in [3.8, 4) is 0 Å². The van der Waals surface area contributed by atoms with Crippen molar-refractivity contribution in [1.29, 1.82) is 0 Å². The van der Waals surface area contributed by atoms with Crippen molar-refractivity contribution in [2.24, 2.45) is 5.92 Å². The van der Waals surface area contributed by atoms with E-state index in [4.69, 9.17) is 4.74 Å². The van der Waals surface area contributed by atoms with Crippen LogP contribution in [-0.4, -0.2) is 12.1 Å². The van der Waals surface area contributed by atoms with E-state index in [-0.39, 0.29) is 12.1 Å². The molecule has 2 nitrogen and oxygen atoms in total. The number of hydrogen-bond donors (Lipinski definition) is 0. The monoisotopic (exact) mass is 272 g/mol.